The maximum atomic E-state index is 13.5. The summed E-state index contributed by atoms with van der Waals surface area (Å²) in [5.41, 5.74) is 1.87. The van der Waals surface area contributed by atoms with Crippen LogP contribution < -0.4 is 19.1 Å². The Morgan fingerprint density at radius 1 is 0.775 bits per heavy atom. The lowest BCUT2D eigenvalue weighted by Crippen LogP contribution is -2.38. The lowest BCUT2D eigenvalue weighted by Gasteiger charge is -2.24. The number of hydrogen-bond acceptors (Lipinski definition) is 6. The Labute approximate surface area is 242 Å². The molecule has 40 heavy (non-hydrogen) atoms. The molecule has 0 radical (unpaired) electrons. The highest BCUT2D eigenvalue weighted by Crippen LogP contribution is 2.26. The van der Waals surface area contributed by atoms with Gasteiger partial charge in [0.2, 0.25) is 5.91 Å². The topological polar surface area (TPSA) is 122 Å². The van der Waals surface area contributed by atoms with E-state index in [9.17, 15) is 21.6 Å². The summed E-state index contributed by atoms with van der Waals surface area (Å²) in [5.74, 6) is -0.0148. The van der Waals surface area contributed by atoms with Crippen LogP contribution in [0.3, 0.4) is 0 Å². The highest BCUT2D eigenvalue weighted by atomic mass is 79.9. The maximum Gasteiger partial charge on any atom is 0.264 e. The molecule has 2 N–H and O–H groups in total. The van der Waals surface area contributed by atoms with Crippen LogP contribution in [0.25, 0.3) is 0 Å². The summed E-state index contributed by atoms with van der Waals surface area (Å²) in [6.45, 7) is 1.35. The number of ether oxygens (including phenoxy) is 1. The van der Waals surface area contributed by atoms with Crippen molar-refractivity contribution in [2.24, 2.45) is 0 Å². The minimum absolute atomic E-state index is 0.0141. The number of carbonyl (C=O) groups is 1. The van der Waals surface area contributed by atoms with Gasteiger partial charge in [0.25, 0.3) is 20.0 Å². The zero-order valence-electron chi connectivity index (χ0n) is 21.5. The predicted octanol–water partition coefficient (Wildman–Crippen LogP) is 5.40. The van der Waals surface area contributed by atoms with Crippen molar-refractivity contribution in [3.63, 3.8) is 0 Å². The molecule has 4 rings (SSSR count). The molecule has 0 bridgehead atoms. The third-order valence-electron chi connectivity index (χ3n) is 5.80. The largest absolute Gasteiger partial charge is 0.497 e. The van der Waals surface area contributed by atoms with Crippen molar-refractivity contribution in [3.8, 4) is 5.75 Å². The number of nitrogens with one attached hydrogen (secondary N) is 2. The molecule has 0 saturated heterocycles. The van der Waals surface area contributed by atoms with Crippen molar-refractivity contribution in [3.05, 3.63) is 107 Å². The molecule has 0 atom stereocenters. The first-order valence-corrected chi connectivity index (χ1v) is 15.6. The molecule has 0 aromatic heterocycles. The Bertz CT molecular complexity index is 1690. The molecule has 0 heterocycles. The summed E-state index contributed by atoms with van der Waals surface area (Å²) in [6.07, 6.45) is 0. The van der Waals surface area contributed by atoms with Crippen LogP contribution in [-0.4, -0.2) is 36.4 Å². The summed E-state index contributed by atoms with van der Waals surface area (Å²) in [5, 5.41) is 2.64. The number of benzene rings is 4. The zero-order valence-corrected chi connectivity index (χ0v) is 24.8. The first-order chi connectivity index (χ1) is 19.0. The molecule has 208 valence electrons. The minimum Gasteiger partial charge on any atom is -0.497 e. The number of anilines is 3. The minimum atomic E-state index is -4.07. The molecule has 0 unspecified atom stereocenters. The van der Waals surface area contributed by atoms with Crippen molar-refractivity contribution >= 4 is 58.9 Å². The van der Waals surface area contributed by atoms with Crippen LogP contribution in [0, 0.1) is 6.92 Å². The third kappa shape index (κ3) is 7.00. The summed E-state index contributed by atoms with van der Waals surface area (Å²) in [4.78, 5) is 13.0. The number of aryl methyl sites for hydroxylation is 1. The SMILES string of the molecule is COc1ccc(NS(=O)(=O)c2ccc(NC(=O)CN(c3ccc(Br)cc3)S(=O)(=O)c3ccc(C)cc3)cc2)cc1. The Balaban J connectivity index is 1.51. The van der Waals surface area contributed by atoms with Crippen LogP contribution in [-0.2, 0) is 24.8 Å². The van der Waals surface area contributed by atoms with E-state index in [0.29, 0.717) is 22.8 Å². The van der Waals surface area contributed by atoms with Gasteiger partial charge in [-0.05, 0) is 91.9 Å². The summed E-state index contributed by atoms with van der Waals surface area (Å²) >= 11 is 3.34. The molecule has 4 aromatic rings. The Kier molecular flexibility index (Phi) is 8.82. The van der Waals surface area contributed by atoms with E-state index >= 15 is 0 Å². The average Bonchev–Trinajstić information content (AvgIpc) is 2.93. The molecule has 0 saturated carbocycles. The number of halogens is 1. The van der Waals surface area contributed by atoms with Gasteiger partial charge in [-0.1, -0.05) is 33.6 Å². The average molecular weight is 645 g/mol. The van der Waals surface area contributed by atoms with Crippen LogP contribution in [0.2, 0.25) is 0 Å². The number of methoxy groups -OCH3 is 1. The van der Waals surface area contributed by atoms with E-state index in [4.69, 9.17) is 4.74 Å². The van der Waals surface area contributed by atoms with E-state index in [0.717, 1.165) is 14.3 Å². The molecule has 0 aliphatic carbocycles. The van der Waals surface area contributed by atoms with Crippen LogP contribution in [0.5, 0.6) is 5.75 Å². The van der Waals surface area contributed by atoms with E-state index in [1.54, 1.807) is 60.7 Å². The van der Waals surface area contributed by atoms with Gasteiger partial charge >= 0.3 is 0 Å². The van der Waals surface area contributed by atoms with E-state index in [1.807, 2.05) is 6.92 Å². The lowest BCUT2D eigenvalue weighted by molar-refractivity contribution is -0.114. The summed E-state index contributed by atoms with van der Waals surface area (Å²) in [6, 6.07) is 24.9. The molecule has 4 aromatic carbocycles. The van der Waals surface area contributed by atoms with Crippen LogP contribution >= 0.6 is 15.9 Å². The number of carbonyl (C=O) groups excluding carboxylic acids is 1. The quantitative estimate of drug-likeness (QED) is 0.239. The third-order valence-corrected chi connectivity index (χ3v) is 9.52. The predicted molar refractivity (Wildman–Crippen MR) is 159 cm³/mol. The van der Waals surface area contributed by atoms with Crippen LogP contribution in [0.15, 0.2) is 111 Å². The second kappa shape index (κ2) is 12.1. The van der Waals surface area contributed by atoms with E-state index in [1.165, 1.54) is 43.5 Å². The molecule has 9 nitrogen and oxygen atoms in total. The smallest absolute Gasteiger partial charge is 0.264 e. The molecule has 0 aliphatic rings. The van der Waals surface area contributed by atoms with E-state index < -0.39 is 32.5 Å². The number of nitrogens with zero attached hydrogens (tertiary/aromatic N) is 1. The second-order valence-electron chi connectivity index (χ2n) is 8.71. The Morgan fingerprint density at radius 3 is 1.90 bits per heavy atom. The van der Waals surface area contributed by atoms with Gasteiger partial charge in [0.1, 0.15) is 12.3 Å². The summed E-state index contributed by atoms with van der Waals surface area (Å²) in [7, 11) is -6.44. The van der Waals surface area contributed by atoms with E-state index in [-0.39, 0.29) is 9.79 Å². The van der Waals surface area contributed by atoms with Gasteiger partial charge in [0, 0.05) is 15.8 Å². The first-order valence-electron chi connectivity index (χ1n) is 11.9. The van der Waals surface area contributed by atoms with Gasteiger partial charge in [-0.3, -0.25) is 13.8 Å². The normalized spacial score (nSPS) is 11.5. The number of rotatable bonds is 10. The Morgan fingerprint density at radius 2 is 1.32 bits per heavy atom. The molecule has 0 fully saturated rings. The van der Waals surface area contributed by atoms with Gasteiger partial charge in [0.15, 0.2) is 0 Å². The van der Waals surface area contributed by atoms with Gasteiger partial charge in [-0.15, -0.1) is 0 Å². The fourth-order valence-electron chi connectivity index (χ4n) is 3.68. The molecule has 1 amide bonds. The number of amides is 1. The number of hydrogen-bond donors (Lipinski definition) is 2. The number of sulfonamides is 2. The van der Waals surface area contributed by atoms with Crippen molar-refractivity contribution in [2.45, 2.75) is 16.7 Å². The monoisotopic (exact) mass is 643 g/mol. The van der Waals surface area contributed by atoms with E-state index in [2.05, 4.69) is 26.0 Å². The van der Waals surface area contributed by atoms with Crippen molar-refractivity contribution in [1.29, 1.82) is 0 Å². The highest BCUT2D eigenvalue weighted by molar-refractivity contribution is 9.10. The van der Waals surface area contributed by atoms with Gasteiger partial charge < -0.3 is 10.1 Å². The van der Waals surface area contributed by atoms with Crippen molar-refractivity contribution in [2.75, 3.05) is 28.0 Å². The van der Waals surface area contributed by atoms with Crippen LogP contribution in [0.4, 0.5) is 17.1 Å². The molecule has 12 heteroatoms. The first kappa shape index (κ1) is 29.1. The Hall–Kier alpha value is -3.87. The molecule has 0 spiro atoms. The van der Waals surface area contributed by atoms with Crippen LogP contribution in [0.1, 0.15) is 5.56 Å². The summed E-state index contributed by atoms with van der Waals surface area (Å²) < 4.78 is 61.9. The van der Waals surface area contributed by atoms with Gasteiger partial charge in [0.05, 0.1) is 22.6 Å². The zero-order chi connectivity index (χ0) is 28.9. The van der Waals surface area contributed by atoms with Crippen molar-refractivity contribution < 1.29 is 26.4 Å². The van der Waals surface area contributed by atoms with Crippen molar-refractivity contribution in [1.82, 2.24) is 0 Å². The molecular weight excluding hydrogens is 618 g/mol. The maximum absolute atomic E-state index is 13.5. The molecular formula is C28H26BrN3O6S2. The van der Waals surface area contributed by atoms with Gasteiger partial charge in [-0.2, -0.15) is 0 Å². The standard InChI is InChI=1S/C28H26BrN3O6S2/c1-20-3-15-27(16-4-20)40(36,37)32(24-11-5-21(29)6-12-24)19-28(33)30-22-9-17-26(18-10-22)39(34,35)31-23-7-13-25(38-2)14-8-23/h3-18,31H,19H2,1-2H3,(H,30,33). The fraction of sp³-hybridized carbons (Fsp3) is 0.107. The lowest BCUT2D eigenvalue weighted by atomic mass is 10.2. The highest BCUT2D eigenvalue weighted by Gasteiger charge is 2.27. The molecule has 0 aliphatic heterocycles. The van der Waals surface area contributed by atoms with Gasteiger partial charge in [-0.25, -0.2) is 16.8 Å². The second-order valence-corrected chi connectivity index (χ2v) is 13.2. The fourth-order valence-corrected chi connectivity index (χ4v) is 6.43.